The Bertz CT molecular complexity index is 330. The molecule has 0 fully saturated rings. The molecule has 0 aliphatic rings. The van der Waals surface area contributed by atoms with Crippen LogP contribution in [-0.2, 0) is 0 Å². The van der Waals surface area contributed by atoms with Gasteiger partial charge in [0.2, 0.25) is 0 Å². The predicted molar refractivity (Wildman–Crippen MR) is 50.5 cm³/mol. The van der Waals surface area contributed by atoms with E-state index in [1.165, 1.54) is 26.4 Å². The van der Waals surface area contributed by atoms with E-state index in [1.807, 2.05) is 0 Å². The van der Waals surface area contributed by atoms with Crippen molar-refractivity contribution in [2.75, 3.05) is 14.2 Å². The van der Waals surface area contributed by atoms with E-state index in [1.54, 1.807) is 0 Å². The monoisotopic (exact) mass is 196 g/mol. The highest BCUT2D eigenvalue weighted by Crippen LogP contribution is 2.39. The molecule has 0 amide bonds. The summed E-state index contributed by atoms with van der Waals surface area (Å²) in [6, 6.07) is 2.59. The molecule has 14 heavy (non-hydrogen) atoms. The molecule has 0 bridgehead atoms. The van der Waals surface area contributed by atoms with Gasteiger partial charge in [-0.1, -0.05) is 0 Å². The number of nitrogens with zero attached hydrogens (tertiary/aromatic N) is 2. The quantitative estimate of drug-likeness (QED) is 0.693. The Labute approximate surface area is 79.8 Å². The number of methoxy groups -OCH3 is 2. The lowest BCUT2D eigenvalue weighted by molar-refractivity contribution is 0.355. The minimum Gasteiger partial charge on any atom is -0.493 e. The highest BCUT2D eigenvalue weighted by Gasteiger charge is 2.11. The first-order chi connectivity index (χ1) is 6.76. The van der Waals surface area contributed by atoms with Crippen LogP contribution in [0, 0.1) is 9.81 Å². The van der Waals surface area contributed by atoms with Gasteiger partial charge in [0, 0.05) is 12.1 Å². The Hall–Kier alpha value is -1.98. The fraction of sp³-hybridized carbons (Fsp3) is 0.250. The topological polar surface area (TPSA) is 77.3 Å². The normalized spacial score (nSPS) is 9.29. The number of hydrogen-bond donors (Lipinski definition) is 0. The molecule has 1 rings (SSSR count). The number of ether oxygens (including phenoxy) is 2. The fourth-order valence-electron chi connectivity index (χ4n) is 1.00. The Morgan fingerprint density at radius 1 is 0.929 bits per heavy atom. The molecule has 74 valence electrons. The third kappa shape index (κ3) is 1.68. The molecule has 0 N–H and O–H groups in total. The first-order valence-corrected chi connectivity index (χ1v) is 3.69. The second-order valence-corrected chi connectivity index (χ2v) is 2.38. The molecule has 0 spiro atoms. The van der Waals surface area contributed by atoms with Crippen molar-refractivity contribution < 1.29 is 9.47 Å². The van der Waals surface area contributed by atoms with Crippen molar-refractivity contribution in [1.82, 2.24) is 0 Å². The van der Waals surface area contributed by atoms with E-state index in [4.69, 9.17) is 9.47 Å². The van der Waals surface area contributed by atoms with Crippen LogP contribution in [0.1, 0.15) is 0 Å². The molecule has 0 aliphatic carbocycles. The van der Waals surface area contributed by atoms with Gasteiger partial charge in [-0.05, 0) is 10.4 Å². The third-order valence-electron chi connectivity index (χ3n) is 1.68. The van der Waals surface area contributed by atoms with Crippen LogP contribution in [0.4, 0.5) is 11.4 Å². The van der Waals surface area contributed by atoms with Crippen molar-refractivity contribution >= 4 is 11.4 Å². The summed E-state index contributed by atoms with van der Waals surface area (Å²) in [5.74, 6) is 0.656. The largest absolute Gasteiger partial charge is 0.493 e. The van der Waals surface area contributed by atoms with Crippen LogP contribution in [0.25, 0.3) is 0 Å². The molecule has 0 saturated heterocycles. The smallest absolute Gasteiger partial charge is 0.163 e. The average Bonchev–Trinajstić information content (AvgIpc) is 2.26. The Morgan fingerprint density at radius 3 is 1.50 bits per heavy atom. The lowest BCUT2D eigenvalue weighted by atomic mass is 10.2. The summed E-state index contributed by atoms with van der Waals surface area (Å²) in [6.45, 7) is 0. The van der Waals surface area contributed by atoms with Gasteiger partial charge in [0.05, 0.1) is 14.2 Å². The van der Waals surface area contributed by atoms with Gasteiger partial charge in [-0.3, -0.25) is 0 Å². The lowest BCUT2D eigenvalue weighted by Crippen LogP contribution is -1.89. The highest BCUT2D eigenvalue weighted by molar-refractivity contribution is 5.68. The SMILES string of the molecule is COc1cc(N=O)c(N=O)cc1OC. The maximum atomic E-state index is 10.3. The van der Waals surface area contributed by atoms with Gasteiger partial charge < -0.3 is 9.47 Å². The first-order valence-electron chi connectivity index (χ1n) is 3.69. The van der Waals surface area contributed by atoms with Crippen LogP contribution >= 0.6 is 0 Å². The van der Waals surface area contributed by atoms with Crippen LogP contribution in [0.15, 0.2) is 22.5 Å². The molecule has 0 heterocycles. The van der Waals surface area contributed by atoms with Crippen molar-refractivity contribution in [2.24, 2.45) is 10.4 Å². The van der Waals surface area contributed by atoms with Crippen molar-refractivity contribution in [2.45, 2.75) is 0 Å². The molecular formula is C8H8N2O4. The van der Waals surface area contributed by atoms with E-state index in [-0.39, 0.29) is 11.4 Å². The lowest BCUT2D eigenvalue weighted by Gasteiger charge is -2.07. The molecule has 0 unspecified atom stereocenters. The average molecular weight is 196 g/mol. The van der Waals surface area contributed by atoms with E-state index < -0.39 is 0 Å². The zero-order valence-electron chi connectivity index (χ0n) is 7.68. The van der Waals surface area contributed by atoms with Crippen LogP contribution < -0.4 is 9.47 Å². The van der Waals surface area contributed by atoms with Gasteiger partial charge in [-0.15, -0.1) is 9.81 Å². The van der Waals surface area contributed by atoms with E-state index in [9.17, 15) is 9.81 Å². The minimum atomic E-state index is -0.0716. The van der Waals surface area contributed by atoms with Crippen LogP contribution in [0.3, 0.4) is 0 Å². The summed E-state index contributed by atoms with van der Waals surface area (Å²) in [5, 5.41) is 5.29. The molecule has 6 nitrogen and oxygen atoms in total. The molecule has 0 radical (unpaired) electrons. The summed E-state index contributed by atoms with van der Waals surface area (Å²) >= 11 is 0. The minimum absolute atomic E-state index is 0.0716. The summed E-state index contributed by atoms with van der Waals surface area (Å²) in [7, 11) is 2.83. The van der Waals surface area contributed by atoms with Crippen LogP contribution in [0.5, 0.6) is 11.5 Å². The predicted octanol–water partition coefficient (Wildman–Crippen LogP) is 2.50. The Balaban J connectivity index is 3.34. The zero-order chi connectivity index (χ0) is 10.6. The zero-order valence-corrected chi connectivity index (χ0v) is 7.68. The second kappa shape index (κ2) is 4.31. The fourth-order valence-corrected chi connectivity index (χ4v) is 1.00. The van der Waals surface area contributed by atoms with Crippen molar-refractivity contribution in [3.63, 3.8) is 0 Å². The van der Waals surface area contributed by atoms with Gasteiger partial charge >= 0.3 is 0 Å². The van der Waals surface area contributed by atoms with E-state index in [0.717, 1.165) is 0 Å². The van der Waals surface area contributed by atoms with Gasteiger partial charge in [0.25, 0.3) is 0 Å². The maximum absolute atomic E-state index is 10.3. The summed E-state index contributed by atoms with van der Waals surface area (Å²) in [4.78, 5) is 20.6. The van der Waals surface area contributed by atoms with E-state index in [0.29, 0.717) is 11.5 Å². The van der Waals surface area contributed by atoms with E-state index >= 15 is 0 Å². The van der Waals surface area contributed by atoms with Crippen molar-refractivity contribution in [3.05, 3.63) is 21.9 Å². The van der Waals surface area contributed by atoms with Gasteiger partial charge in [-0.2, -0.15) is 0 Å². The number of rotatable bonds is 4. The number of nitroso groups, excluding NO2 is 2. The van der Waals surface area contributed by atoms with Crippen molar-refractivity contribution in [1.29, 1.82) is 0 Å². The molecule has 0 aliphatic heterocycles. The maximum Gasteiger partial charge on any atom is 0.163 e. The molecule has 1 aromatic rings. The number of hydrogen-bond acceptors (Lipinski definition) is 6. The first kappa shape index (κ1) is 10.1. The van der Waals surface area contributed by atoms with Crippen LogP contribution in [0.2, 0.25) is 0 Å². The number of benzene rings is 1. The van der Waals surface area contributed by atoms with Gasteiger partial charge in [0.15, 0.2) is 11.5 Å². The van der Waals surface area contributed by atoms with Crippen LogP contribution in [-0.4, -0.2) is 14.2 Å². The molecule has 1 aromatic carbocycles. The van der Waals surface area contributed by atoms with Crippen molar-refractivity contribution in [3.8, 4) is 11.5 Å². The summed E-state index contributed by atoms with van der Waals surface area (Å²) < 4.78 is 9.82. The molecular weight excluding hydrogens is 188 g/mol. The van der Waals surface area contributed by atoms with Gasteiger partial charge in [-0.25, -0.2) is 0 Å². The summed E-state index contributed by atoms with van der Waals surface area (Å²) in [6.07, 6.45) is 0. The Kier molecular flexibility index (Phi) is 3.11. The molecule has 6 heteroatoms. The second-order valence-electron chi connectivity index (χ2n) is 2.38. The third-order valence-corrected chi connectivity index (χ3v) is 1.68. The Morgan fingerprint density at radius 2 is 1.29 bits per heavy atom. The molecule has 0 saturated carbocycles. The van der Waals surface area contributed by atoms with E-state index in [2.05, 4.69) is 10.4 Å². The molecule has 0 aromatic heterocycles. The molecule has 0 atom stereocenters. The standard InChI is InChI=1S/C8H8N2O4/c1-13-7-3-5(9-11)6(10-12)4-8(7)14-2/h3-4H,1-2H3. The highest BCUT2D eigenvalue weighted by atomic mass is 16.5. The summed E-state index contributed by atoms with van der Waals surface area (Å²) in [5.41, 5.74) is -0.143. The van der Waals surface area contributed by atoms with Gasteiger partial charge in [0.1, 0.15) is 11.4 Å².